The van der Waals surface area contributed by atoms with E-state index in [1.165, 1.54) is 0 Å². The first kappa shape index (κ1) is 26.1. The lowest BCUT2D eigenvalue weighted by molar-refractivity contribution is -0.143. The third kappa shape index (κ3) is 6.75. The van der Waals surface area contributed by atoms with Crippen molar-refractivity contribution in [1.29, 1.82) is 0 Å². The van der Waals surface area contributed by atoms with Crippen molar-refractivity contribution in [3.05, 3.63) is 57.6 Å². The third-order valence-electron chi connectivity index (χ3n) is 6.37. The summed E-state index contributed by atoms with van der Waals surface area (Å²) in [5.41, 5.74) is 3.01. The molecule has 0 heterocycles. The first-order valence-corrected chi connectivity index (χ1v) is 12.7. The van der Waals surface area contributed by atoms with Gasteiger partial charge in [0.15, 0.2) is 6.61 Å². The third-order valence-corrected chi connectivity index (χ3v) is 7.62. The predicted molar refractivity (Wildman–Crippen MR) is 137 cm³/mol. The zero-order valence-corrected chi connectivity index (χ0v) is 22.1. The molecular formula is C27H35BrN2O4. The lowest BCUT2D eigenvalue weighted by Gasteiger charge is -2.31. The fraction of sp³-hybridized carbons (Fsp3) is 0.481. The van der Waals surface area contributed by atoms with E-state index >= 15 is 0 Å². The number of aryl methyl sites for hydroxylation is 2. The van der Waals surface area contributed by atoms with E-state index in [9.17, 15) is 9.59 Å². The molecule has 1 N–H and O–H groups in total. The number of carbonyl (C=O) groups excluding carboxylic acids is 2. The number of ether oxygens (including phenoxy) is 2. The summed E-state index contributed by atoms with van der Waals surface area (Å²) in [7, 11) is 1.62. The maximum absolute atomic E-state index is 13.4. The molecule has 1 aliphatic carbocycles. The summed E-state index contributed by atoms with van der Waals surface area (Å²) in [4.78, 5) is 28.3. The van der Waals surface area contributed by atoms with Gasteiger partial charge in [-0.2, -0.15) is 0 Å². The van der Waals surface area contributed by atoms with Crippen molar-refractivity contribution in [1.82, 2.24) is 10.2 Å². The van der Waals surface area contributed by atoms with Crippen LogP contribution in [0.3, 0.4) is 0 Å². The number of amides is 2. The highest BCUT2D eigenvalue weighted by Gasteiger charge is 2.31. The Bertz CT molecular complexity index is 964. The second-order valence-corrected chi connectivity index (χ2v) is 9.74. The van der Waals surface area contributed by atoms with Crippen LogP contribution in [-0.2, 0) is 16.1 Å². The molecule has 0 bridgehead atoms. The van der Waals surface area contributed by atoms with Gasteiger partial charge in [0.2, 0.25) is 5.91 Å². The van der Waals surface area contributed by atoms with E-state index in [0.29, 0.717) is 18.7 Å². The Morgan fingerprint density at radius 1 is 1.09 bits per heavy atom. The van der Waals surface area contributed by atoms with E-state index in [-0.39, 0.29) is 24.5 Å². The van der Waals surface area contributed by atoms with Crippen molar-refractivity contribution in [2.75, 3.05) is 13.7 Å². The van der Waals surface area contributed by atoms with Crippen molar-refractivity contribution in [2.45, 2.75) is 71.5 Å². The van der Waals surface area contributed by atoms with Crippen molar-refractivity contribution < 1.29 is 19.1 Å². The highest BCUT2D eigenvalue weighted by molar-refractivity contribution is 9.10. The highest BCUT2D eigenvalue weighted by atomic mass is 79.9. The van der Waals surface area contributed by atoms with E-state index < -0.39 is 6.04 Å². The van der Waals surface area contributed by atoms with Gasteiger partial charge in [0.25, 0.3) is 5.91 Å². The van der Waals surface area contributed by atoms with Gasteiger partial charge >= 0.3 is 0 Å². The van der Waals surface area contributed by atoms with E-state index in [1.807, 2.05) is 57.2 Å². The monoisotopic (exact) mass is 530 g/mol. The van der Waals surface area contributed by atoms with Crippen LogP contribution in [-0.4, -0.2) is 42.5 Å². The normalized spacial score (nSPS) is 14.5. The molecule has 1 saturated carbocycles. The lowest BCUT2D eigenvalue weighted by atomic mass is 10.1. The summed E-state index contributed by atoms with van der Waals surface area (Å²) in [5, 5.41) is 3.17. The Morgan fingerprint density at radius 2 is 1.71 bits per heavy atom. The second-order valence-electron chi connectivity index (χ2n) is 8.94. The zero-order valence-electron chi connectivity index (χ0n) is 20.5. The lowest BCUT2D eigenvalue weighted by Crippen LogP contribution is -2.52. The maximum Gasteiger partial charge on any atom is 0.261 e. The molecular weight excluding hydrogens is 496 g/mol. The minimum Gasteiger partial charge on any atom is -0.497 e. The number of rotatable bonds is 10. The molecule has 1 atom stereocenters. The Kier molecular flexibility index (Phi) is 9.39. The first-order chi connectivity index (χ1) is 16.3. The molecule has 3 rings (SSSR count). The number of halogens is 1. The van der Waals surface area contributed by atoms with Crippen LogP contribution in [0.5, 0.6) is 11.5 Å². The van der Waals surface area contributed by atoms with Crippen LogP contribution in [0.25, 0.3) is 0 Å². The van der Waals surface area contributed by atoms with Gasteiger partial charge in [-0.3, -0.25) is 9.59 Å². The van der Waals surface area contributed by atoms with E-state index in [1.54, 1.807) is 12.0 Å². The highest BCUT2D eigenvalue weighted by Crippen LogP contribution is 2.26. The molecule has 0 radical (unpaired) electrons. The van der Waals surface area contributed by atoms with E-state index in [0.717, 1.165) is 52.6 Å². The minimum absolute atomic E-state index is 0.0911. The molecule has 184 valence electrons. The van der Waals surface area contributed by atoms with Crippen molar-refractivity contribution in [3.8, 4) is 11.5 Å². The van der Waals surface area contributed by atoms with Gasteiger partial charge < -0.3 is 19.7 Å². The molecule has 1 aliphatic rings. The van der Waals surface area contributed by atoms with Gasteiger partial charge in [-0.1, -0.05) is 47.8 Å². The van der Waals surface area contributed by atoms with Gasteiger partial charge in [0, 0.05) is 17.1 Å². The van der Waals surface area contributed by atoms with E-state index in [2.05, 4.69) is 21.2 Å². The molecule has 6 nitrogen and oxygen atoms in total. The maximum atomic E-state index is 13.4. The summed E-state index contributed by atoms with van der Waals surface area (Å²) in [6, 6.07) is 11.0. The molecule has 2 aromatic carbocycles. The van der Waals surface area contributed by atoms with Gasteiger partial charge in [0.05, 0.1) is 7.11 Å². The Balaban J connectivity index is 1.78. The number of benzene rings is 2. The summed E-state index contributed by atoms with van der Waals surface area (Å²) in [6.07, 6.45) is 4.79. The topological polar surface area (TPSA) is 67.9 Å². The first-order valence-electron chi connectivity index (χ1n) is 11.9. The van der Waals surface area contributed by atoms with Crippen LogP contribution in [0, 0.1) is 13.8 Å². The quantitative estimate of drug-likeness (QED) is 0.451. The minimum atomic E-state index is -0.563. The Hall–Kier alpha value is -2.54. The molecule has 0 spiro atoms. The number of hydrogen-bond donors (Lipinski definition) is 1. The predicted octanol–water partition coefficient (Wildman–Crippen LogP) is 5.32. The van der Waals surface area contributed by atoms with Crippen molar-refractivity contribution in [3.63, 3.8) is 0 Å². The standard InChI is InChI=1S/C27H35BrN2O4/c1-5-24(27(32)29-21-8-6-7-9-21)30(16-20-10-12-22(33-4)13-11-20)25(31)17-34-23-14-18(2)26(28)19(3)15-23/h10-15,21,24H,5-9,16-17H2,1-4H3,(H,29,32). The van der Waals surface area contributed by atoms with Crippen LogP contribution >= 0.6 is 15.9 Å². The Labute approximate surface area is 211 Å². The summed E-state index contributed by atoms with van der Waals surface area (Å²) >= 11 is 3.56. The molecule has 7 heteroatoms. The fourth-order valence-electron chi connectivity index (χ4n) is 4.43. The van der Waals surface area contributed by atoms with Crippen LogP contribution in [0.15, 0.2) is 40.9 Å². The SMILES string of the molecule is CCC(C(=O)NC1CCCC1)N(Cc1ccc(OC)cc1)C(=O)COc1cc(C)c(Br)c(C)c1. The van der Waals surface area contributed by atoms with Crippen LogP contribution in [0.2, 0.25) is 0 Å². The molecule has 0 saturated heterocycles. The van der Waals surface area contributed by atoms with Crippen LogP contribution < -0.4 is 14.8 Å². The summed E-state index contributed by atoms with van der Waals surface area (Å²) in [6.45, 7) is 6.10. The van der Waals surface area contributed by atoms with Gasteiger partial charge in [-0.15, -0.1) is 0 Å². The number of hydrogen-bond acceptors (Lipinski definition) is 4. The summed E-state index contributed by atoms with van der Waals surface area (Å²) in [5.74, 6) is 1.07. The van der Waals surface area contributed by atoms with Gasteiger partial charge in [-0.05, 0) is 74.1 Å². The van der Waals surface area contributed by atoms with Crippen molar-refractivity contribution >= 4 is 27.7 Å². The molecule has 0 aliphatic heterocycles. The van der Waals surface area contributed by atoms with Gasteiger partial charge in [0.1, 0.15) is 17.5 Å². The number of carbonyl (C=O) groups is 2. The summed E-state index contributed by atoms with van der Waals surface area (Å²) < 4.78 is 12.2. The molecule has 2 aromatic rings. The zero-order chi connectivity index (χ0) is 24.7. The van der Waals surface area contributed by atoms with Crippen LogP contribution in [0.1, 0.15) is 55.7 Å². The molecule has 1 unspecified atom stereocenters. The van der Waals surface area contributed by atoms with Crippen LogP contribution in [0.4, 0.5) is 0 Å². The molecule has 0 aromatic heterocycles. The van der Waals surface area contributed by atoms with Gasteiger partial charge in [-0.25, -0.2) is 0 Å². The fourth-order valence-corrected chi connectivity index (χ4v) is 4.66. The largest absolute Gasteiger partial charge is 0.497 e. The van der Waals surface area contributed by atoms with Crippen molar-refractivity contribution in [2.24, 2.45) is 0 Å². The van der Waals surface area contributed by atoms with E-state index in [4.69, 9.17) is 9.47 Å². The Morgan fingerprint density at radius 3 is 2.26 bits per heavy atom. The smallest absolute Gasteiger partial charge is 0.261 e. The average Bonchev–Trinajstić information content (AvgIpc) is 3.34. The average molecular weight is 531 g/mol. The number of nitrogens with one attached hydrogen (secondary N) is 1. The second kappa shape index (κ2) is 12.2. The molecule has 2 amide bonds. The molecule has 1 fully saturated rings. The number of nitrogens with zero attached hydrogens (tertiary/aromatic N) is 1. The molecule has 34 heavy (non-hydrogen) atoms. The number of methoxy groups -OCH3 is 1.